The summed E-state index contributed by atoms with van der Waals surface area (Å²) in [7, 11) is -6.96. The van der Waals surface area contributed by atoms with Crippen molar-refractivity contribution in [2.45, 2.75) is 81.6 Å². The molecule has 10 nitrogen and oxygen atoms in total. The van der Waals surface area contributed by atoms with E-state index in [1.807, 2.05) is 19.9 Å². The van der Waals surface area contributed by atoms with Gasteiger partial charge in [-0.3, -0.25) is 4.79 Å². The smallest absolute Gasteiger partial charge is 0.343 e. The molecule has 51 heavy (non-hydrogen) atoms. The molecule has 2 aliphatic carbocycles. The first-order valence-electron chi connectivity index (χ1n) is 17.5. The summed E-state index contributed by atoms with van der Waals surface area (Å²) in [5.74, 6) is -1.44. The summed E-state index contributed by atoms with van der Waals surface area (Å²) in [5.41, 5.74) is 0.515. The first-order valence-corrected chi connectivity index (χ1v) is 20.8. The van der Waals surface area contributed by atoms with Crippen LogP contribution in [0.2, 0.25) is 0 Å². The van der Waals surface area contributed by atoms with Crippen molar-refractivity contribution in [1.82, 2.24) is 0 Å². The number of unbranched alkanes of at least 4 members (excludes halogenated alkanes) is 4. The molecule has 2 aliphatic rings. The number of esters is 3. The van der Waals surface area contributed by atoms with Crippen LogP contribution in [0.25, 0.3) is 0 Å². The minimum absolute atomic E-state index is 0.0223. The molecule has 3 aromatic rings. The highest BCUT2D eigenvalue weighted by molar-refractivity contribution is 7.91. The summed E-state index contributed by atoms with van der Waals surface area (Å²) < 4.78 is 67.5. The highest BCUT2D eigenvalue weighted by Gasteiger charge is 2.40. The second-order valence-corrected chi connectivity index (χ2v) is 17.4. The Kier molecular flexibility index (Phi) is 12.5. The minimum atomic E-state index is -3.49. The molecule has 0 amide bonds. The molecule has 0 saturated heterocycles. The molecule has 2 bridgehead atoms. The largest absolute Gasteiger partial charge is 0.460 e. The van der Waals surface area contributed by atoms with E-state index in [1.165, 1.54) is 66.7 Å². The summed E-state index contributed by atoms with van der Waals surface area (Å²) in [4.78, 5) is 39.5. The van der Waals surface area contributed by atoms with Crippen molar-refractivity contribution >= 4 is 37.6 Å². The second kappa shape index (κ2) is 16.8. The van der Waals surface area contributed by atoms with E-state index < -0.39 is 31.6 Å². The number of allylic oxidation sites excluding steroid dienone is 2. The van der Waals surface area contributed by atoms with Crippen LogP contribution in [0.4, 0.5) is 0 Å². The second-order valence-electron chi connectivity index (χ2n) is 13.1. The standard InChI is InChI=1S/C39H44O10S2/c1-3-5-7-21-50(43,44)33-16-11-28(12-17-33)37(40)48-32-15-20-36(31(25-32)26-47-39(42)35-24-27-9-10-30(35)23-27)49-38(41)29-13-18-34(19-14-29)51(45,46)22-8-6-4-2/h9-20,25,27,30,35H,3-8,21-24,26H2,1-2H3. The molecule has 1 saturated carbocycles. The third-order valence-electron chi connectivity index (χ3n) is 9.33. The molecule has 0 heterocycles. The zero-order chi connectivity index (χ0) is 36.6. The van der Waals surface area contributed by atoms with Crippen molar-refractivity contribution in [1.29, 1.82) is 0 Å². The lowest BCUT2D eigenvalue weighted by Crippen LogP contribution is -2.21. The van der Waals surface area contributed by atoms with Gasteiger partial charge in [0.15, 0.2) is 19.7 Å². The van der Waals surface area contributed by atoms with Gasteiger partial charge in [-0.2, -0.15) is 0 Å². The van der Waals surface area contributed by atoms with Crippen LogP contribution in [0.1, 0.15) is 91.5 Å². The summed E-state index contributed by atoms with van der Waals surface area (Å²) in [6.07, 6.45) is 10.3. The minimum Gasteiger partial charge on any atom is -0.460 e. The highest BCUT2D eigenvalue weighted by Crippen LogP contribution is 2.44. The van der Waals surface area contributed by atoms with Crippen molar-refractivity contribution < 1.29 is 45.4 Å². The third kappa shape index (κ3) is 9.74. The fourth-order valence-corrected chi connectivity index (χ4v) is 9.12. The molecule has 0 radical (unpaired) electrons. The van der Waals surface area contributed by atoms with Gasteiger partial charge in [0.25, 0.3) is 0 Å². The summed E-state index contributed by atoms with van der Waals surface area (Å²) >= 11 is 0. The lowest BCUT2D eigenvalue weighted by atomic mass is 9.94. The molecule has 0 aromatic heterocycles. The topological polar surface area (TPSA) is 147 Å². The Morgan fingerprint density at radius 3 is 1.71 bits per heavy atom. The van der Waals surface area contributed by atoms with Crippen LogP contribution in [-0.4, -0.2) is 46.2 Å². The first kappa shape index (κ1) is 38.0. The van der Waals surface area contributed by atoms with Crippen LogP contribution >= 0.6 is 0 Å². The average Bonchev–Trinajstić information content (AvgIpc) is 3.76. The predicted octanol–water partition coefficient (Wildman–Crippen LogP) is 7.31. The fourth-order valence-electron chi connectivity index (χ4n) is 6.38. The quantitative estimate of drug-likeness (QED) is 0.0598. The molecule has 12 heteroatoms. The Hall–Kier alpha value is -4.29. The third-order valence-corrected chi connectivity index (χ3v) is 13.0. The van der Waals surface area contributed by atoms with Crippen molar-refractivity contribution in [3.63, 3.8) is 0 Å². The number of hydrogen-bond acceptors (Lipinski definition) is 10. The summed E-state index contributed by atoms with van der Waals surface area (Å²) in [5, 5.41) is 0. The number of fused-ring (bicyclic) bond motifs is 2. The van der Waals surface area contributed by atoms with Crippen LogP contribution in [0.3, 0.4) is 0 Å². The van der Waals surface area contributed by atoms with Gasteiger partial charge in [0.1, 0.15) is 18.1 Å². The molecule has 3 aromatic carbocycles. The number of ether oxygens (including phenoxy) is 3. The fraction of sp³-hybridized carbons (Fsp3) is 0.410. The van der Waals surface area contributed by atoms with Gasteiger partial charge in [0, 0.05) is 5.56 Å². The van der Waals surface area contributed by atoms with E-state index in [0.29, 0.717) is 25.2 Å². The van der Waals surface area contributed by atoms with E-state index in [1.54, 1.807) is 0 Å². The normalized spacial score (nSPS) is 18.0. The molecular formula is C39H44O10S2. The van der Waals surface area contributed by atoms with Crippen molar-refractivity contribution in [3.8, 4) is 11.5 Å². The predicted molar refractivity (Wildman–Crippen MR) is 191 cm³/mol. The zero-order valence-corrected chi connectivity index (χ0v) is 30.5. The molecular weight excluding hydrogens is 693 g/mol. The SMILES string of the molecule is CCCCCS(=O)(=O)c1ccc(C(=O)Oc2ccc(OC(=O)c3ccc(S(=O)(=O)CCCCC)cc3)c(COC(=O)C3CC4C=CC3C4)c2)cc1. The Labute approximate surface area is 300 Å². The number of rotatable bonds is 17. The van der Waals surface area contributed by atoms with Gasteiger partial charge in [0.2, 0.25) is 0 Å². The van der Waals surface area contributed by atoms with E-state index in [4.69, 9.17) is 14.2 Å². The van der Waals surface area contributed by atoms with Gasteiger partial charge in [-0.15, -0.1) is 0 Å². The zero-order valence-electron chi connectivity index (χ0n) is 28.9. The molecule has 3 unspecified atom stereocenters. The van der Waals surface area contributed by atoms with E-state index in [2.05, 4.69) is 6.08 Å². The van der Waals surface area contributed by atoms with E-state index in [0.717, 1.165) is 32.1 Å². The lowest BCUT2D eigenvalue weighted by Gasteiger charge is -2.18. The Bertz CT molecular complexity index is 1960. The number of carbonyl (C=O) groups is 3. The molecule has 1 fully saturated rings. The van der Waals surface area contributed by atoms with Crippen molar-refractivity contribution in [2.24, 2.45) is 17.8 Å². The molecule has 3 atom stereocenters. The van der Waals surface area contributed by atoms with Gasteiger partial charge < -0.3 is 14.2 Å². The number of benzene rings is 3. The maximum absolute atomic E-state index is 13.2. The Morgan fingerprint density at radius 2 is 1.22 bits per heavy atom. The van der Waals surface area contributed by atoms with Crippen molar-refractivity contribution in [2.75, 3.05) is 11.5 Å². The number of carbonyl (C=O) groups excluding carboxylic acids is 3. The maximum atomic E-state index is 13.2. The highest BCUT2D eigenvalue weighted by atomic mass is 32.2. The van der Waals surface area contributed by atoms with Gasteiger partial charge in [-0.05, 0) is 104 Å². The van der Waals surface area contributed by atoms with Crippen LogP contribution in [0, 0.1) is 17.8 Å². The van der Waals surface area contributed by atoms with E-state index >= 15 is 0 Å². The average molecular weight is 737 g/mol. The van der Waals surface area contributed by atoms with Crippen molar-refractivity contribution in [3.05, 3.63) is 95.6 Å². The van der Waals surface area contributed by atoms with Crippen LogP contribution in [0.5, 0.6) is 11.5 Å². The van der Waals surface area contributed by atoms with E-state index in [9.17, 15) is 31.2 Å². The molecule has 0 N–H and O–H groups in total. The van der Waals surface area contributed by atoms with Gasteiger partial charge >= 0.3 is 17.9 Å². The monoisotopic (exact) mass is 736 g/mol. The first-order chi connectivity index (χ1) is 24.4. The summed E-state index contributed by atoms with van der Waals surface area (Å²) in [6, 6.07) is 15.3. The molecule has 272 valence electrons. The number of hydrogen-bond donors (Lipinski definition) is 0. The Balaban J connectivity index is 1.30. The van der Waals surface area contributed by atoms with Crippen LogP contribution in [-0.2, 0) is 35.8 Å². The van der Waals surface area contributed by atoms with Gasteiger partial charge in [-0.1, -0.05) is 51.7 Å². The number of sulfone groups is 2. The van der Waals surface area contributed by atoms with Gasteiger partial charge in [-0.25, -0.2) is 26.4 Å². The molecule has 0 aliphatic heterocycles. The van der Waals surface area contributed by atoms with E-state index in [-0.39, 0.29) is 73.9 Å². The Morgan fingerprint density at radius 1 is 0.667 bits per heavy atom. The summed E-state index contributed by atoms with van der Waals surface area (Å²) in [6.45, 7) is 3.73. The maximum Gasteiger partial charge on any atom is 0.343 e. The van der Waals surface area contributed by atoms with Gasteiger partial charge in [0.05, 0.1) is 38.3 Å². The van der Waals surface area contributed by atoms with Crippen LogP contribution in [0.15, 0.2) is 88.7 Å². The van der Waals surface area contributed by atoms with Crippen LogP contribution < -0.4 is 9.47 Å². The molecule has 0 spiro atoms. The lowest BCUT2D eigenvalue weighted by molar-refractivity contribution is -0.150. The molecule has 5 rings (SSSR count).